The van der Waals surface area contributed by atoms with E-state index in [2.05, 4.69) is 13.0 Å². The van der Waals surface area contributed by atoms with Crippen molar-refractivity contribution in [2.75, 3.05) is 18.6 Å². The second-order valence-corrected chi connectivity index (χ2v) is 4.74. The van der Waals surface area contributed by atoms with Crippen LogP contribution in [-0.4, -0.2) is 31.7 Å². The van der Waals surface area contributed by atoms with Crippen LogP contribution in [0.1, 0.15) is 18.9 Å². The fourth-order valence-corrected chi connectivity index (χ4v) is 2.50. The van der Waals surface area contributed by atoms with Crippen molar-refractivity contribution in [3.63, 3.8) is 0 Å². The quantitative estimate of drug-likeness (QED) is 0.916. The van der Waals surface area contributed by atoms with Gasteiger partial charge in [0.15, 0.2) is 0 Å². The number of halogens is 1. The summed E-state index contributed by atoms with van der Waals surface area (Å²) in [5.41, 5.74) is 7.83. The van der Waals surface area contributed by atoms with E-state index in [9.17, 15) is 4.79 Å². The Kier molecular flexibility index (Phi) is 5.79. The maximum Gasteiger partial charge on any atom is 0.229 e. The normalized spacial score (nSPS) is 18.7. The van der Waals surface area contributed by atoms with Gasteiger partial charge in [-0.05, 0) is 25.0 Å². The third kappa shape index (κ3) is 3.26. The smallest absolute Gasteiger partial charge is 0.229 e. The van der Waals surface area contributed by atoms with Gasteiger partial charge in [0.1, 0.15) is 0 Å². The van der Waals surface area contributed by atoms with Crippen molar-refractivity contribution in [1.29, 1.82) is 0 Å². The van der Waals surface area contributed by atoms with Crippen LogP contribution in [0.3, 0.4) is 0 Å². The van der Waals surface area contributed by atoms with Crippen LogP contribution in [0.2, 0.25) is 0 Å². The number of hydrogen-bond acceptors (Lipinski definition) is 3. The van der Waals surface area contributed by atoms with Gasteiger partial charge in [-0.15, -0.1) is 12.4 Å². The van der Waals surface area contributed by atoms with Crippen LogP contribution >= 0.6 is 12.4 Å². The van der Waals surface area contributed by atoms with Gasteiger partial charge in [0.2, 0.25) is 5.91 Å². The Balaban J connectivity index is 0.00000180. The summed E-state index contributed by atoms with van der Waals surface area (Å²) in [6, 6.07) is 8.27. The molecule has 0 bridgehead atoms. The molecule has 1 aliphatic heterocycles. The second kappa shape index (κ2) is 6.89. The Labute approximate surface area is 120 Å². The van der Waals surface area contributed by atoms with E-state index in [1.165, 1.54) is 5.56 Å². The van der Waals surface area contributed by atoms with Gasteiger partial charge in [-0.3, -0.25) is 4.79 Å². The summed E-state index contributed by atoms with van der Waals surface area (Å²) in [6.07, 6.45) is 1.06. The first kappa shape index (κ1) is 16.0. The summed E-state index contributed by atoms with van der Waals surface area (Å²) in [7, 11) is 1.59. The molecule has 0 spiro atoms. The van der Waals surface area contributed by atoms with Crippen LogP contribution in [0.4, 0.5) is 5.69 Å². The Morgan fingerprint density at radius 2 is 2.21 bits per heavy atom. The number of rotatable bonds is 4. The van der Waals surface area contributed by atoms with E-state index in [4.69, 9.17) is 10.5 Å². The summed E-state index contributed by atoms with van der Waals surface area (Å²) >= 11 is 0. The summed E-state index contributed by atoms with van der Waals surface area (Å²) in [4.78, 5) is 14.2. The summed E-state index contributed by atoms with van der Waals surface area (Å²) in [5, 5.41) is 0. The van der Waals surface area contributed by atoms with Crippen LogP contribution < -0.4 is 10.6 Å². The van der Waals surface area contributed by atoms with E-state index >= 15 is 0 Å². The average Bonchev–Trinajstić information content (AvgIpc) is 2.71. The van der Waals surface area contributed by atoms with Crippen molar-refractivity contribution < 1.29 is 9.53 Å². The molecule has 0 aliphatic carbocycles. The number of methoxy groups -OCH3 is 1. The third-order valence-corrected chi connectivity index (χ3v) is 3.47. The van der Waals surface area contributed by atoms with Gasteiger partial charge in [0, 0.05) is 25.4 Å². The first-order valence-corrected chi connectivity index (χ1v) is 6.30. The van der Waals surface area contributed by atoms with Gasteiger partial charge in [-0.25, -0.2) is 0 Å². The number of benzene rings is 1. The highest BCUT2D eigenvalue weighted by molar-refractivity contribution is 5.96. The number of amides is 1. The molecule has 1 aromatic carbocycles. The first-order valence-electron chi connectivity index (χ1n) is 6.30. The largest absolute Gasteiger partial charge is 0.380 e. The topological polar surface area (TPSA) is 55.6 Å². The zero-order chi connectivity index (χ0) is 13.1. The number of carbonyl (C=O) groups excluding carboxylic acids is 1. The van der Waals surface area contributed by atoms with Crippen LogP contribution in [0.15, 0.2) is 24.3 Å². The number of fused-ring (bicyclic) bond motifs is 1. The highest BCUT2D eigenvalue weighted by atomic mass is 35.5. The minimum atomic E-state index is -0.197. The molecule has 2 unspecified atom stereocenters. The van der Waals surface area contributed by atoms with Gasteiger partial charge in [-0.1, -0.05) is 18.2 Å². The summed E-state index contributed by atoms with van der Waals surface area (Å²) < 4.78 is 5.18. The SMILES string of the molecule is COC(CN)CC(=O)N1c2ccccc2CC1C.Cl. The molecule has 0 saturated carbocycles. The van der Waals surface area contributed by atoms with Gasteiger partial charge in [0.25, 0.3) is 0 Å². The van der Waals surface area contributed by atoms with Crippen molar-refractivity contribution in [3.05, 3.63) is 29.8 Å². The molecule has 1 amide bonds. The maximum atomic E-state index is 12.3. The van der Waals surface area contributed by atoms with E-state index in [1.807, 2.05) is 23.1 Å². The van der Waals surface area contributed by atoms with Crippen molar-refractivity contribution >= 4 is 24.0 Å². The molecule has 106 valence electrons. The predicted octanol–water partition coefficient (Wildman–Crippen LogP) is 1.75. The molecule has 1 heterocycles. The van der Waals surface area contributed by atoms with Crippen molar-refractivity contribution in [3.8, 4) is 0 Å². The molecule has 1 aliphatic rings. The van der Waals surface area contributed by atoms with Crippen LogP contribution in [0.25, 0.3) is 0 Å². The average molecular weight is 285 g/mol. The molecule has 2 N–H and O–H groups in total. The lowest BCUT2D eigenvalue weighted by Gasteiger charge is -2.24. The van der Waals surface area contributed by atoms with E-state index in [-0.39, 0.29) is 30.5 Å². The van der Waals surface area contributed by atoms with Gasteiger partial charge in [-0.2, -0.15) is 0 Å². The molecule has 19 heavy (non-hydrogen) atoms. The second-order valence-electron chi connectivity index (χ2n) is 4.74. The zero-order valence-electron chi connectivity index (χ0n) is 11.3. The number of nitrogens with zero attached hydrogens (tertiary/aromatic N) is 1. The Hall–Kier alpha value is -1.10. The zero-order valence-corrected chi connectivity index (χ0v) is 12.2. The Morgan fingerprint density at radius 1 is 1.53 bits per heavy atom. The maximum absolute atomic E-state index is 12.3. The number of carbonyl (C=O) groups is 1. The molecular formula is C14H21ClN2O2. The summed E-state index contributed by atoms with van der Waals surface area (Å²) in [5.74, 6) is 0.0877. The lowest BCUT2D eigenvalue weighted by Crippen LogP contribution is -2.39. The van der Waals surface area contributed by atoms with E-state index < -0.39 is 0 Å². The number of anilines is 1. The molecular weight excluding hydrogens is 264 g/mol. The number of hydrogen-bond donors (Lipinski definition) is 1. The predicted molar refractivity (Wildman–Crippen MR) is 78.8 cm³/mol. The third-order valence-electron chi connectivity index (χ3n) is 3.47. The molecule has 0 aromatic heterocycles. The van der Waals surface area contributed by atoms with Crippen molar-refractivity contribution in [2.45, 2.75) is 31.9 Å². The molecule has 0 saturated heterocycles. The fourth-order valence-electron chi connectivity index (χ4n) is 2.50. The lowest BCUT2D eigenvalue weighted by atomic mass is 10.1. The van der Waals surface area contributed by atoms with E-state index in [1.54, 1.807) is 7.11 Å². The van der Waals surface area contributed by atoms with Gasteiger partial charge in [0.05, 0.1) is 12.5 Å². The van der Waals surface area contributed by atoms with Gasteiger partial charge < -0.3 is 15.4 Å². The highest BCUT2D eigenvalue weighted by Gasteiger charge is 2.31. The molecule has 4 nitrogen and oxygen atoms in total. The number of ether oxygens (including phenoxy) is 1. The van der Waals surface area contributed by atoms with E-state index in [0.717, 1.165) is 12.1 Å². The first-order chi connectivity index (χ1) is 8.67. The lowest BCUT2D eigenvalue weighted by molar-refractivity contribution is -0.121. The minimum absolute atomic E-state index is 0. The monoisotopic (exact) mass is 284 g/mol. The standard InChI is InChI=1S/C14H20N2O2.ClH/c1-10-7-11-5-3-4-6-13(11)16(10)14(17)8-12(9-15)18-2;/h3-6,10,12H,7-9,15H2,1-2H3;1H. The molecule has 0 radical (unpaired) electrons. The Bertz CT molecular complexity index is 435. The summed E-state index contributed by atoms with van der Waals surface area (Å²) in [6.45, 7) is 2.44. The molecule has 1 aromatic rings. The number of nitrogens with two attached hydrogens (primary N) is 1. The van der Waals surface area contributed by atoms with Crippen LogP contribution in [0.5, 0.6) is 0 Å². The van der Waals surface area contributed by atoms with Crippen LogP contribution in [-0.2, 0) is 16.0 Å². The highest BCUT2D eigenvalue weighted by Crippen LogP contribution is 2.32. The van der Waals surface area contributed by atoms with Crippen LogP contribution in [0, 0.1) is 0 Å². The van der Waals surface area contributed by atoms with Gasteiger partial charge >= 0.3 is 0 Å². The molecule has 2 rings (SSSR count). The van der Waals surface area contributed by atoms with Crippen molar-refractivity contribution in [1.82, 2.24) is 0 Å². The molecule has 0 fully saturated rings. The fraction of sp³-hybridized carbons (Fsp3) is 0.500. The Morgan fingerprint density at radius 3 is 2.84 bits per heavy atom. The van der Waals surface area contributed by atoms with Crippen molar-refractivity contribution in [2.24, 2.45) is 5.73 Å². The van der Waals surface area contributed by atoms with E-state index in [0.29, 0.717) is 13.0 Å². The molecule has 5 heteroatoms. The molecule has 2 atom stereocenters. The number of para-hydroxylation sites is 1. The minimum Gasteiger partial charge on any atom is -0.380 e.